The van der Waals surface area contributed by atoms with Crippen LogP contribution in [0, 0.1) is 0 Å². The molecule has 3 aliphatic rings. The lowest BCUT2D eigenvalue weighted by Crippen LogP contribution is -2.42. The van der Waals surface area contributed by atoms with Crippen molar-refractivity contribution in [2.24, 2.45) is 0 Å². The summed E-state index contributed by atoms with van der Waals surface area (Å²) >= 11 is 0. The molecule has 2 N–H and O–H groups in total. The fraction of sp³-hybridized carbons (Fsp3) is 0.286. The molecule has 8 rings (SSSR count). The van der Waals surface area contributed by atoms with Crippen molar-refractivity contribution in [3.63, 3.8) is 0 Å². The van der Waals surface area contributed by atoms with Gasteiger partial charge in [0, 0.05) is 74.7 Å². The Hall–Kier alpha value is -7.35. The zero-order valence-electron chi connectivity index (χ0n) is 35.9. The number of anilines is 5. The van der Waals surface area contributed by atoms with Gasteiger partial charge >= 0.3 is 0 Å². The Morgan fingerprint density at radius 3 is 2.11 bits per heavy atom. The van der Waals surface area contributed by atoms with E-state index >= 15 is 0 Å². The van der Waals surface area contributed by atoms with Crippen LogP contribution in [0.2, 0.25) is 0 Å². The van der Waals surface area contributed by atoms with E-state index in [9.17, 15) is 24.0 Å². The smallest absolute Gasteiger partial charge is 0.261 e. The Morgan fingerprint density at radius 2 is 1.46 bits per heavy atom. The van der Waals surface area contributed by atoms with Crippen molar-refractivity contribution < 1.29 is 42.9 Å². The maximum atomic E-state index is 14.0. The predicted molar refractivity (Wildman–Crippen MR) is 240 cm³/mol. The van der Waals surface area contributed by atoms with Crippen LogP contribution in [0.5, 0.6) is 23.0 Å². The van der Waals surface area contributed by atoms with Gasteiger partial charge in [0.15, 0.2) is 29.3 Å². The summed E-state index contributed by atoms with van der Waals surface area (Å²) in [5.74, 6) is 0.522. The first-order chi connectivity index (χ1) is 30.5. The number of aldehydes is 1. The van der Waals surface area contributed by atoms with Crippen LogP contribution in [-0.4, -0.2) is 76.7 Å². The van der Waals surface area contributed by atoms with Gasteiger partial charge in [-0.15, -0.1) is 0 Å². The molecule has 3 amide bonds. The first kappa shape index (κ1) is 42.3. The number of ether oxygens (including phenoxy) is 4. The molecule has 0 radical (unpaired) electrons. The molecule has 324 valence electrons. The summed E-state index contributed by atoms with van der Waals surface area (Å²) < 4.78 is 24.1. The number of methoxy groups -OCH3 is 2. The standard InChI is InChI=1S/C49H49N5O9/c1-29(56)11-10-16-52(2)35-18-30(27-62-45-24-37(34(26-55)22-43(45)60-4)50-47(57)41-20-32-12-6-8-14-39(32)53(41)3)17-31(19-35)28-63-46-25-38-36(23-44(46)61-5)49(59)54-40-15-9-7-13-33(40)21-42(54)48(58)51-38/h6-9,12-15,17-19,22-26,41-42H,10-11,16,20-21,27-28H2,1-5H3,(H,50,57)(H,51,58)/t41-,42-/m0/s1. The van der Waals surface area contributed by atoms with Crippen molar-refractivity contribution in [2.75, 3.05) is 60.2 Å². The van der Waals surface area contributed by atoms with Crippen molar-refractivity contribution in [2.45, 2.75) is 57.9 Å². The van der Waals surface area contributed by atoms with Crippen LogP contribution in [0.1, 0.15) is 62.7 Å². The summed E-state index contributed by atoms with van der Waals surface area (Å²) in [5.41, 5.74) is 7.24. The van der Waals surface area contributed by atoms with Gasteiger partial charge in [-0.05, 0) is 78.1 Å². The van der Waals surface area contributed by atoms with Gasteiger partial charge in [-0.1, -0.05) is 36.4 Å². The maximum Gasteiger partial charge on any atom is 0.261 e. The zero-order valence-corrected chi connectivity index (χ0v) is 35.9. The van der Waals surface area contributed by atoms with Crippen molar-refractivity contribution >= 4 is 58.2 Å². The summed E-state index contributed by atoms with van der Waals surface area (Å²) in [7, 11) is 6.79. The van der Waals surface area contributed by atoms with Crippen molar-refractivity contribution in [3.8, 4) is 23.0 Å². The first-order valence-corrected chi connectivity index (χ1v) is 20.8. The summed E-state index contributed by atoms with van der Waals surface area (Å²) in [5, 5.41) is 5.91. The molecule has 63 heavy (non-hydrogen) atoms. The van der Waals surface area contributed by atoms with Crippen LogP contribution >= 0.6 is 0 Å². The molecule has 2 atom stereocenters. The van der Waals surface area contributed by atoms with Crippen LogP contribution in [-0.2, 0) is 40.4 Å². The molecule has 0 spiro atoms. The summed E-state index contributed by atoms with van der Waals surface area (Å²) in [6, 6.07) is 26.5. The van der Waals surface area contributed by atoms with Crippen LogP contribution in [0.15, 0.2) is 91.0 Å². The average molecular weight is 852 g/mol. The van der Waals surface area contributed by atoms with E-state index in [2.05, 4.69) is 15.5 Å². The SMILES string of the molecule is COc1cc(C=O)c(NC(=O)[C@@H]2Cc3ccccc3N2C)cc1OCc1cc(COc2cc3c(cc2OC)C(=O)N2c4ccccc4C[C@H]2C(=O)N3)cc(N(C)CCCC(C)=O)c1. The van der Waals surface area contributed by atoms with E-state index in [0.29, 0.717) is 78.6 Å². The Kier molecular flexibility index (Phi) is 12.1. The third-order valence-corrected chi connectivity index (χ3v) is 11.9. The van der Waals surface area contributed by atoms with Crippen LogP contribution < -0.4 is 44.3 Å². The molecule has 0 unspecified atom stereocenters. The maximum absolute atomic E-state index is 14.0. The highest BCUT2D eigenvalue weighted by Gasteiger charge is 2.42. The minimum Gasteiger partial charge on any atom is -0.493 e. The number of carbonyl (C=O) groups excluding carboxylic acids is 5. The number of fused-ring (bicyclic) bond motifs is 5. The van der Waals surface area contributed by atoms with Gasteiger partial charge in [0.2, 0.25) is 11.8 Å². The van der Waals surface area contributed by atoms with E-state index in [1.807, 2.05) is 85.7 Å². The normalized spacial score (nSPS) is 15.9. The highest BCUT2D eigenvalue weighted by molar-refractivity contribution is 6.20. The molecule has 5 aromatic rings. The lowest BCUT2D eigenvalue weighted by Gasteiger charge is -2.23. The van der Waals surface area contributed by atoms with Gasteiger partial charge in [0.05, 0.1) is 31.2 Å². The number of amides is 3. The van der Waals surface area contributed by atoms with E-state index in [1.54, 1.807) is 30.0 Å². The van der Waals surface area contributed by atoms with Gasteiger partial charge in [0.1, 0.15) is 31.1 Å². The molecular formula is C49H49N5O9. The average Bonchev–Trinajstić information content (AvgIpc) is 3.82. The van der Waals surface area contributed by atoms with Crippen molar-refractivity contribution in [3.05, 3.63) is 124 Å². The summed E-state index contributed by atoms with van der Waals surface area (Å²) in [6.45, 7) is 2.34. The quantitative estimate of drug-likeness (QED) is 0.0986. The highest BCUT2D eigenvalue weighted by atomic mass is 16.5. The van der Waals surface area contributed by atoms with E-state index in [-0.39, 0.29) is 47.8 Å². The summed E-state index contributed by atoms with van der Waals surface area (Å²) in [6.07, 6.45) is 2.72. The molecule has 3 aliphatic heterocycles. The number of nitrogens with one attached hydrogen (secondary N) is 2. The van der Waals surface area contributed by atoms with Crippen LogP contribution in [0.4, 0.5) is 28.4 Å². The van der Waals surface area contributed by atoms with E-state index in [0.717, 1.165) is 33.6 Å². The minimum absolute atomic E-state index is 0.0735. The number of carbonyl (C=O) groups is 5. The van der Waals surface area contributed by atoms with E-state index < -0.39 is 12.1 Å². The lowest BCUT2D eigenvalue weighted by molar-refractivity contribution is -0.118. The molecule has 14 heteroatoms. The molecule has 0 fully saturated rings. The van der Waals surface area contributed by atoms with E-state index in [4.69, 9.17) is 18.9 Å². The monoisotopic (exact) mass is 851 g/mol. The molecule has 3 heterocycles. The molecule has 0 bridgehead atoms. The number of Topliss-reactive ketones (excluding diaryl/α,β-unsaturated/α-hetero) is 1. The fourth-order valence-corrected chi connectivity index (χ4v) is 8.53. The molecule has 5 aromatic carbocycles. The van der Waals surface area contributed by atoms with Gasteiger partial charge in [-0.2, -0.15) is 0 Å². The van der Waals surface area contributed by atoms with Gasteiger partial charge in [-0.25, -0.2) is 0 Å². The largest absolute Gasteiger partial charge is 0.493 e. The number of benzene rings is 5. The van der Waals surface area contributed by atoms with Crippen LogP contribution in [0.25, 0.3) is 0 Å². The number of rotatable bonds is 16. The van der Waals surface area contributed by atoms with Gasteiger partial charge in [-0.3, -0.25) is 24.1 Å². The molecule has 0 aliphatic carbocycles. The lowest BCUT2D eigenvalue weighted by atomic mass is 10.1. The Morgan fingerprint density at radius 1 is 0.825 bits per heavy atom. The first-order valence-electron chi connectivity index (χ1n) is 20.8. The number of likely N-dealkylation sites (N-methyl/N-ethyl adjacent to an activating group) is 1. The van der Waals surface area contributed by atoms with Crippen molar-refractivity contribution in [1.29, 1.82) is 0 Å². The second-order valence-electron chi connectivity index (χ2n) is 16.0. The molecular weight excluding hydrogens is 803 g/mol. The van der Waals surface area contributed by atoms with Crippen molar-refractivity contribution in [1.82, 2.24) is 0 Å². The Bertz CT molecular complexity index is 2630. The molecule has 14 nitrogen and oxygen atoms in total. The fourth-order valence-electron chi connectivity index (χ4n) is 8.53. The van der Waals surface area contributed by atoms with Gasteiger partial charge < -0.3 is 44.2 Å². The Balaban J connectivity index is 1.04. The number of hydrogen-bond acceptors (Lipinski definition) is 11. The highest BCUT2D eigenvalue weighted by Crippen LogP contribution is 2.41. The predicted octanol–water partition coefficient (Wildman–Crippen LogP) is 7.00. The van der Waals surface area contributed by atoms with Gasteiger partial charge in [0.25, 0.3) is 5.91 Å². The second-order valence-corrected chi connectivity index (χ2v) is 16.0. The number of para-hydroxylation sites is 2. The summed E-state index contributed by atoms with van der Waals surface area (Å²) in [4.78, 5) is 70.7. The third kappa shape index (κ3) is 8.61. The molecule has 0 saturated heterocycles. The number of hydrogen-bond donors (Lipinski definition) is 2. The number of nitrogens with zero attached hydrogens (tertiary/aromatic N) is 3. The Labute approximate surface area is 365 Å². The molecule has 0 aromatic heterocycles. The topological polar surface area (TPSA) is 156 Å². The molecule has 0 saturated carbocycles. The second kappa shape index (κ2) is 17.9. The number of ketones is 1. The zero-order chi connectivity index (χ0) is 44.4. The van der Waals surface area contributed by atoms with Crippen LogP contribution in [0.3, 0.4) is 0 Å². The minimum atomic E-state index is -0.681. The third-order valence-electron chi connectivity index (χ3n) is 11.9. The van der Waals surface area contributed by atoms with E-state index in [1.165, 1.54) is 20.3 Å².